The molecule has 4 heterocycles. The Kier molecular flexibility index (Phi) is 5.28. The molecule has 2 saturated heterocycles. The van der Waals surface area contributed by atoms with Gasteiger partial charge in [-0.3, -0.25) is 0 Å². The minimum atomic E-state index is -0.677. The lowest BCUT2D eigenvalue weighted by molar-refractivity contribution is 0.343. The maximum absolute atomic E-state index is 13.6. The van der Waals surface area contributed by atoms with Gasteiger partial charge in [0.1, 0.15) is 5.75 Å². The highest BCUT2D eigenvalue weighted by Crippen LogP contribution is 2.39. The van der Waals surface area contributed by atoms with E-state index in [9.17, 15) is 9.50 Å². The van der Waals surface area contributed by atoms with E-state index >= 15 is 0 Å². The summed E-state index contributed by atoms with van der Waals surface area (Å²) in [5, 5.41) is 23.3. The van der Waals surface area contributed by atoms with Gasteiger partial charge in [-0.15, -0.1) is 10.2 Å². The van der Waals surface area contributed by atoms with Gasteiger partial charge in [0, 0.05) is 35.9 Å². The van der Waals surface area contributed by atoms with E-state index in [4.69, 9.17) is 4.74 Å². The second-order valence-corrected chi connectivity index (χ2v) is 9.49. The SMILES string of the molecule is COc1cc(-c2ccc(-c3ncc(N(C4CC4)[C@@H]4C[C@H]5CC[C@@H](C4)N5)nn3)c(O)c2)cnc1F. The maximum Gasteiger partial charge on any atom is 0.255 e. The highest BCUT2D eigenvalue weighted by atomic mass is 19.1. The van der Waals surface area contributed by atoms with Crippen molar-refractivity contribution in [2.45, 2.75) is 62.7 Å². The van der Waals surface area contributed by atoms with Crippen LogP contribution in [0.1, 0.15) is 38.5 Å². The fourth-order valence-corrected chi connectivity index (χ4v) is 5.42. The number of phenolic OH excluding ortho intramolecular Hbond substituents is 1. The zero-order valence-electron chi connectivity index (χ0n) is 19.0. The number of hydrogen-bond acceptors (Lipinski definition) is 8. The molecular formula is C25H27FN6O2. The summed E-state index contributed by atoms with van der Waals surface area (Å²) in [4.78, 5) is 10.7. The number of fused-ring (bicyclic) bond motifs is 2. The minimum Gasteiger partial charge on any atom is -0.507 e. The van der Waals surface area contributed by atoms with E-state index in [2.05, 4.69) is 30.4 Å². The molecule has 2 aromatic heterocycles. The molecule has 3 fully saturated rings. The molecule has 8 nitrogen and oxygen atoms in total. The molecule has 176 valence electrons. The van der Waals surface area contributed by atoms with Gasteiger partial charge in [-0.25, -0.2) is 9.97 Å². The quantitative estimate of drug-likeness (QED) is 0.536. The van der Waals surface area contributed by atoms with Crippen molar-refractivity contribution in [3.05, 3.63) is 42.6 Å². The molecule has 2 bridgehead atoms. The van der Waals surface area contributed by atoms with Crippen LogP contribution < -0.4 is 15.0 Å². The normalized spacial score (nSPS) is 23.6. The van der Waals surface area contributed by atoms with Crippen molar-refractivity contribution < 1.29 is 14.2 Å². The first-order valence-corrected chi connectivity index (χ1v) is 11.9. The van der Waals surface area contributed by atoms with Gasteiger partial charge >= 0.3 is 0 Å². The number of rotatable bonds is 6. The van der Waals surface area contributed by atoms with Crippen molar-refractivity contribution in [2.75, 3.05) is 12.0 Å². The first-order chi connectivity index (χ1) is 16.6. The monoisotopic (exact) mass is 462 g/mol. The Morgan fingerprint density at radius 3 is 2.41 bits per heavy atom. The lowest BCUT2D eigenvalue weighted by atomic mass is 9.98. The largest absolute Gasteiger partial charge is 0.507 e. The Morgan fingerprint density at radius 1 is 0.971 bits per heavy atom. The lowest BCUT2D eigenvalue weighted by Crippen LogP contribution is -2.49. The summed E-state index contributed by atoms with van der Waals surface area (Å²) >= 11 is 0. The number of methoxy groups -OCH3 is 1. The highest BCUT2D eigenvalue weighted by molar-refractivity contribution is 5.73. The number of aromatic nitrogens is 4. The number of nitrogens with zero attached hydrogens (tertiary/aromatic N) is 5. The molecule has 0 spiro atoms. The van der Waals surface area contributed by atoms with Crippen LogP contribution in [0.15, 0.2) is 36.7 Å². The molecule has 0 radical (unpaired) electrons. The number of nitrogens with one attached hydrogen (secondary N) is 1. The molecule has 0 unspecified atom stereocenters. The third kappa shape index (κ3) is 3.94. The van der Waals surface area contributed by atoms with Gasteiger partial charge in [0.25, 0.3) is 5.95 Å². The number of pyridine rings is 1. The van der Waals surface area contributed by atoms with Gasteiger partial charge in [0.2, 0.25) is 0 Å². The van der Waals surface area contributed by atoms with Crippen LogP contribution in [-0.2, 0) is 0 Å². The number of halogens is 1. The van der Waals surface area contributed by atoms with Crippen LogP contribution in [0.2, 0.25) is 0 Å². The van der Waals surface area contributed by atoms with Gasteiger partial charge in [-0.2, -0.15) is 4.39 Å². The molecule has 2 N–H and O–H groups in total. The Bertz CT molecular complexity index is 1190. The summed E-state index contributed by atoms with van der Waals surface area (Å²) in [5.74, 6) is 0.571. The lowest BCUT2D eigenvalue weighted by Gasteiger charge is -2.38. The smallest absolute Gasteiger partial charge is 0.255 e. The van der Waals surface area contributed by atoms with E-state index in [0.717, 1.165) is 18.7 Å². The van der Waals surface area contributed by atoms with Crippen LogP contribution in [0.5, 0.6) is 11.5 Å². The summed E-state index contributed by atoms with van der Waals surface area (Å²) in [6.07, 6.45) is 10.4. The molecule has 2 aliphatic heterocycles. The van der Waals surface area contributed by atoms with E-state index in [1.165, 1.54) is 39.0 Å². The summed E-state index contributed by atoms with van der Waals surface area (Å²) in [6, 6.07) is 8.89. The van der Waals surface area contributed by atoms with Crippen molar-refractivity contribution in [3.63, 3.8) is 0 Å². The van der Waals surface area contributed by atoms with Crippen LogP contribution in [0, 0.1) is 5.95 Å². The van der Waals surface area contributed by atoms with Gasteiger partial charge in [-0.1, -0.05) is 6.07 Å². The number of hydrogen-bond donors (Lipinski definition) is 2. The fraction of sp³-hybridized carbons (Fsp3) is 0.440. The first kappa shape index (κ1) is 21.2. The van der Waals surface area contributed by atoms with E-state index in [-0.39, 0.29) is 11.5 Å². The second-order valence-electron chi connectivity index (χ2n) is 9.49. The second kappa shape index (κ2) is 8.47. The molecule has 34 heavy (non-hydrogen) atoms. The summed E-state index contributed by atoms with van der Waals surface area (Å²) < 4.78 is 18.6. The van der Waals surface area contributed by atoms with Crippen LogP contribution >= 0.6 is 0 Å². The number of piperidine rings is 1. The van der Waals surface area contributed by atoms with Gasteiger partial charge in [-0.05, 0) is 62.3 Å². The molecule has 6 rings (SSSR count). The van der Waals surface area contributed by atoms with Gasteiger partial charge < -0.3 is 20.1 Å². The van der Waals surface area contributed by atoms with E-state index in [1.54, 1.807) is 24.4 Å². The Hall–Kier alpha value is -3.33. The molecule has 3 aromatic rings. The van der Waals surface area contributed by atoms with Crippen LogP contribution in [0.3, 0.4) is 0 Å². The molecular weight excluding hydrogens is 435 g/mol. The molecule has 1 aliphatic carbocycles. The zero-order valence-corrected chi connectivity index (χ0v) is 19.0. The van der Waals surface area contributed by atoms with Crippen molar-refractivity contribution in [3.8, 4) is 34.0 Å². The standard InChI is InChI=1S/C25H27FN6O2/c1-34-22-9-15(12-27-24(22)26)14-2-7-20(21(33)8-14)25-28-13-23(30-31-25)32(18-5-6-18)19-10-16-3-4-17(11-19)29-16/h2,7-9,12-13,16-19,29,33H,3-6,10-11H2,1H3/t16-,17+,19-. The van der Waals surface area contributed by atoms with Crippen LogP contribution in [0.25, 0.3) is 22.5 Å². The molecule has 9 heteroatoms. The van der Waals surface area contributed by atoms with E-state index in [1.807, 2.05) is 6.07 Å². The van der Waals surface area contributed by atoms with Gasteiger partial charge in [0.15, 0.2) is 17.4 Å². The van der Waals surface area contributed by atoms with Crippen molar-refractivity contribution in [1.82, 2.24) is 25.5 Å². The van der Waals surface area contributed by atoms with Crippen molar-refractivity contribution in [1.29, 1.82) is 0 Å². The Balaban J connectivity index is 1.24. The summed E-state index contributed by atoms with van der Waals surface area (Å²) in [6.45, 7) is 0. The fourth-order valence-electron chi connectivity index (χ4n) is 5.42. The minimum absolute atomic E-state index is 0.0179. The van der Waals surface area contributed by atoms with Gasteiger partial charge in [0.05, 0.1) is 18.9 Å². The number of phenols is 1. The van der Waals surface area contributed by atoms with Crippen LogP contribution in [0.4, 0.5) is 10.2 Å². The topological polar surface area (TPSA) is 96.3 Å². The van der Waals surface area contributed by atoms with E-state index < -0.39 is 5.95 Å². The third-order valence-corrected chi connectivity index (χ3v) is 7.19. The Morgan fingerprint density at radius 2 is 1.76 bits per heavy atom. The molecule has 0 amide bonds. The maximum atomic E-state index is 13.6. The molecule has 3 aliphatic rings. The Labute approximate surface area is 197 Å². The summed E-state index contributed by atoms with van der Waals surface area (Å²) in [5.41, 5.74) is 1.80. The first-order valence-electron chi connectivity index (χ1n) is 11.9. The molecule has 3 atom stereocenters. The van der Waals surface area contributed by atoms with E-state index in [0.29, 0.717) is 46.7 Å². The summed E-state index contributed by atoms with van der Waals surface area (Å²) in [7, 11) is 1.39. The predicted octanol–water partition coefficient (Wildman–Crippen LogP) is 3.71. The zero-order chi connectivity index (χ0) is 23.2. The molecule has 1 aromatic carbocycles. The number of ether oxygens (including phenoxy) is 1. The average Bonchev–Trinajstić information content (AvgIpc) is 3.63. The average molecular weight is 463 g/mol. The van der Waals surface area contributed by atoms with Crippen LogP contribution in [-0.4, -0.2) is 56.5 Å². The number of aromatic hydroxyl groups is 1. The number of anilines is 1. The van der Waals surface area contributed by atoms with Crippen molar-refractivity contribution in [2.24, 2.45) is 0 Å². The predicted molar refractivity (Wildman–Crippen MR) is 125 cm³/mol. The van der Waals surface area contributed by atoms with Crippen molar-refractivity contribution >= 4 is 5.82 Å². The molecule has 1 saturated carbocycles. The third-order valence-electron chi connectivity index (χ3n) is 7.19. The highest BCUT2D eigenvalue weighted by Gasteiger charge is 2.41. The number of benzene rings is 1.